The van der Waals surface area contributed by atoms with Crippen molar-refractivity contribution in [3.8, 4) is 0 Å². The smallest absolute Gasteiger partial charge is 0.304 e. The van der Waals surface area contributed by atoms with Gasteiger partial charge in [-0.2, -0.15) is 4.31 Å². The number of rotatable bonds is 9. The van der Waals surface area contributed by atoms with E-state index in [4.69, 9.17) is 5.11 Å². The largest absolute Gasteiger partial charge is 0.481 e. The second-order valence-electron chi connectivity index (χ2n) is 5.03. The fraction of sp³-hybridized carbons (Fsp3) is 0.500. The highest BCUT2D eigenvalue weighted by Crippen LogP contribution is 2.21. The van der Waals surface area contributed by atoms with Crippen molar-refractivity contribution < 1.29 is 26.7 Å². The maximum atomic E-state index is 12.5. The lowest BCUT2D eigenvalue weighted by Crippen LogP contribution is -2.31. The van der Waals surface area contributed by atoms with E-state index in [1.807, 2.05) is 0 Å². The van der Waals surface area contributed by atoms with Gasteiger partial charge in [0.25, 0.3) is 0 Å². The molecule has 136 valence electrons. The van der Waals surface area contributed by atoms with E-state index in [2.05, 4.69) is 0 Å². The van der Waals surface area contributed by atoms with Gasteiger partial charge in [-0.1, -0.05) is 19.9 Å². The third-order valence-corrected chi connectivity index (χ3v) is 7.40. The van der Waals surface area contributed by atoms with Crippen LogP contribution in [0.3, 0.4) is 0 Å². The maximum Gasteiger partial charge on any atom is 0.304 e. The minimum absolute atomic E-state index is 0.112. The van der Waals surface area contributed by atoms with Crippen LogP contribution in [0, 0.1) is 0 Å². The van der Waals surface area contributed by atoms with E-state index in [1.165, 1.54) is 29.6 Å². The van der Waals surface area contributed by atoms with Crippen LogP contribution in [0.2, 0.25) is 0 Å². The van der Waals surface area contributed by atoms with E-state index in [-0.39, 0.29) is 35.8 Å². The molecule has 0 spiro atoms. The molecule has 8 nitrogen and oxygen atoms in total. The summed E-state index contributed by atoms with van der Waals surface area (Å²) in [5.74, 6) is -1.12. The van der Waals surface area contributed by atoms with Crippen LogP contribution in [0.1, 0.15) is 20.3 Å². The normalized spacial score (nSPS) is 12.7. The van der Waals surface area contributed by atoms with Crippen molar-refractivity contribution in [2.24, 2.45) is 0 Å². The van der Waals surface area contributed by atoms with E-state index in [0.29, 0.717) is 0 Å². The number of sulfonamides is 2. The molecule has 0 heterocycles. The number of aliphatic carboxylic acids is 1. The van der Waals surface area contributed by atoms with Crippen LogP contribution >= 0.6 is 0 Å². The molecule has 0 unspecified atom stereocenters. The van der Waals surface area contributed by atoms with Gasteiger partial charge in [0, 0.05) is 26.7 Å². The van der Waals surface area contributed by atoms with Gasteiger partial charge in [0.05, 0.1) is 16.2 Å². The number of carboxylic acid groups (broad SMARTS) is 1. The molecule has 0 amide bonds. The molecule has 0 aliphatic carbocycles. The van der Waals surface area contributed by atoms with Gasteiger partial charge in [0.2, 0.25) is 20.0 Å². The SMILES string of the molecule is CCN(CC)S(=O)(=O)c1cccc(S(=O)(=O)N(C)CCC(=O)O)c1. The first-order valence-electron chi connectivity index (χ1n) is 7.35. The zero-order valence-corrected chi connectivity index (χ0v) is 15.5. The second kappa shape index (κ2) is 8.06. The van der Waals surface area contributed by atoms with Crippen LogP contribution in [0.15, 0.2) is 34.1 Å². The van der Waals surface area contributed by atoms with E-state index in [9.17, 15) is 21.6 Å². The molecule has 0 aromatic heterocycles. The van der Waals surface area contributed by atoms with Crippen LogP contribution in [-0.4, -0.2) is 63.2 Å². The van der Waals surface area contributed by atoms with Gasteiger partial charge >= 0.3 is 5.97 Å². The zero-order chi connectivity index (χ0) is 18.5. The number of benzene rings is 1. The second-order valence-corrected chi connectivity index (χ2v) is 9.02. The molecule has 0 saturated heterocycles. The lowest BCUT2D eigenvalue weighted by atomic mass is 10.4. The summed E-state index contributed by atoms with van der Waals surface area (Å²) in [6.07, 6.45) is -0.340. The minimum Gasteiger partial charge on any atom is -0.481 e. The molecule has 1 N–H and O–H groups in total. The fourth-order valence-electron chi connectivity index (χ4n) is 2.06. The zero-order valence-electron chi connectivity index (χ0n) is 13.8. The first-order valence-corrected chi connectivity index (χ1v) is 10.2. The van der Waals surface area contributed by atoms with Crippen molar-refractivity contribution in [1.29, 1.82) is 0 Å². The topological polar surface area (TPSA) is 112 Å². The highest BCUT2D eigenvalue weighted by atomic mass is 32.2. The Morgan fingerprint density at radius 1 is 1.04 bits per heavy atom. The average Bonchev–Trinajstić information content (AvgIpc) is 2.53. The Balaban J connectivity index is 3.23. The van der Waals surface area contributed by atoms with E-state index in [0.717, 1.165) is 10.4 Å². The van der Waals surface area contributed by atoms with Crippen LogP contribution in [-0.2, 0) is 24.8 Å². The van der Waals surface area contributed by atoms with Crippen molar-refractivity contribution >= 4 is 26.0 Å². The molecule has 0 radical (unpaired) electrons. The third kappa shape index (κ3) is 4.53. The van der Waals surface area contributed by atoms with Crippen LogP contribution in [0.4, 0.5) is 0 Å². The van der Waals surface area contributed by atoms with Gasteiger partial charge < -0.3 is 5.11 Å². The molecule has 0 atom stereocenters. The fourth-order valence-corrected chi connectivity index (χ4v) is 4.86. The highest BCUT2D eigenvalue weighted by Gasteiger charge is 2.26. The van der Waals surface area contributed by atoms with Crippen molar-refractivity contribution in [3.05, 3.63) is 24.3 Å². The number of carboxylic acids is 1. The number of hydrogen-bond acceptors (Lipinski definition) is 5. The third-order valence-electron chi connectivity index (χ3n) is 3.50. The quantitative estimate of drug-likeness (QED) is 0.681. The molecule has 0 saturated carbocycles. The van der Waals surface area contributed by atoms with E-state index >= 15 is 0 Å². The molecule has 1 rings (SSSR count). The summed E-state index contributed by atoms with van der Waals surface area (Å²) < 4.78 is 52.0. The van der Waals surface area contributed by atoms with Gasteiger partial charge in [0.15, 0.2) is 0 Å². The molecule has 24 heavy (non-hydrogen) atoms. The van der Waals surface area contributed by atoms with Crippen molar-refractivity contribution in [2.45, 2.75) is 30.1 Å². The minimum atomic E-state index is -3.97. The molecule has 0 bridgehead atoms. The van der Waals surface area contributed by atoms with Crippen molar-refractivity contribution in [2.75, 3.05) is 26.7 Å². The predicted octanol–water partition coefficient (Wildman–Crippen LogP) is 0.812. The Labute approximate surface area is 142 Å². The maximum absolute atomic E-state index is 12.5. The standard InChI is InChI=1S/C14H22N2O6S2/c1-4-16(5-2)24(21,22)13-8-6-7-12(11-13)23(19,20)15(3)10-9-14(17)18/h6-8,11H,4-5,9-10H2,1-3H3,(H,17,18). The summed E-state index contributed by atoms with van der Waals surface area (Å²) in [6.45, 7) is 3.73. The van der Waals surface area contributed by atoms with Crippen molar-refractivity contribution in [1.82, 2.24) is 8.61 Å². The molecule has 10 heteroatoms. The number of nitrogens with zero attached hydrogens (tertiary/aromatic N) is 2. The molecule has 1 aromatic rings. The Morgan fingerprint density at radius 3 is 2.00 bits per heavy atom. The molecule has 0 aliphatic heterocycles. The average molecular weight is 378 g/mol. The Hall–Kier alpha value is -1.49. The van der Waals surface area contributed by atoms with Gasteiger partial charge in [-0.05, 0) is 18.2 Å². The summed E-state index contributed by atoms with van der Waals surface area (Å²) in [5.41, 5.74) is 0. The summed E-state index contributed by atoms with van der Waals surface area (Å²) in [7, 11) is -6.49. The van der Waals surface area contributed by atoms with E-state index in [1.54, 1.807) is 13.8 Å². The van der Waals surface area contributed by atoms with E-state index < -0.39 is 26.0 Å². The van der Waals surface area contributed by atoms with Crippen LogP contribution in [0.5, 0.6) is 0 Å². The molecule has 0 aliphatic rings. The van der Waals surface area contributed by atoms with Gasteiger partial charge in [0.1, 0.15) is 0 Å². The first kappa shape index (κ1) is 20.6. The first-order chi connectivity index (χ1) is 11.1. The Morgan fingerprint density at radius 2 is 1.54 bits per heavy atom. The summed E-state index contributed by atoms with van der Waals surface area (Å²) in [6, 6.07) is 5.08. The Bertz CT molecular complexity index is 785. The lowest BCUT2D eigenvalue weighted by molar-refractivity contribution is -0.137. The van der Waals surface area contributed by atoms with Gasteiger partial charge in [-0.25, -0.2) is 21.1 Å². The van der Waals surface area contributed by atoms with Crippen LogP contribution in [0.25, 0.3) is 0 Å². The molecule has 1 aromatic carbocycles. The molecule has 0 fully saturated rings. The predicted molar refractivity (Wildman–Crippen MR) is 88.6 cm³/mol. The van der Waals surface area contributed by atoms with Gasteiger partial charge in [-0.15, -0.1) is 0 Å². The van der Waals surface area contributed by atoms with Crippen LogP contribution < -0.4 is 0 Å². The summed E-state index contributed by atoms with van der Waals surface area (Å²) in [5, 5.41) is 8.66. The monoisotopic (exact) mass is 378 g/mol. The van der Waals surface area contributed by atoms with Crippen molar-refractivity contribution in [3.63, 3.8) is 0 Å². The summed E-state index contributed by atoms with van der Waals surface area (Å²) in [4.78, 5) is 10.3. The number of hydrogen-bond donors (Lipinski definition) is 1. The summed E-state index contributed by atoms with van der Waals surface area (Å²) >= 11 is 0. The molecular weight excluding hydrogens is 356 g/mol. The lowest BCUT2D eigenvalue weighted by Gasteiger charge is -2.20. The highest BCUT2D eigenvalue weighted by molar-refractivity contribution is 7.90. The van der Waals surface area contributed by atoms with Gasteiger partial charge in [-0.3, -0.25) is 4.79 Å². The molecular formula is C14H22N2O6S2. The Kier molecular flexibility index (Phi) is 6.90. The number of carbonyl (C=O) groups is 1.